The Balaban J connectivity index is 1.98. The van der Waals surface area contributed by atoms with Crippen LogP contribution in [0.15, 0.2) is 23.1 Å². The van der Waals surface area contributed by atoms with E-state index < -0.39 is 10.8 Å². The Morgan fingerprint density at radius 3 is 2.75 bits per heavy atom. The van der Waals surface area contributed by atoms with Gasteiger partial charge in [0.15, 0.2) is 0 Å². The van der Waals surface area contributed by atoms with E-state index in [0.29, 0.717) is 6.04 Å². The Morgan fingerprint density at radius 1 is 1.20 bits per heavy atom. The fourth-order valence-corrected chi connectivity index (χ4v) is 4.25. The van der Waals surface area contributed by atoms with Gasteiger partial charge in [-0.25, -0.2) is 0 Å². The maximum absolute atomic E-state index is 12.6. The second-order valence-electron chi connectivity index (χ2n) is 5.74. The summed E-state index contributed by atoms with van der Waals surface area (Å²) < 4.78 is 12.6. The minimum atomic E-state index is -0.873. The molecule has 1 aromatic rings. The summed E-state index contributed by atoms with van der Waals surface area (Å²) in [6.45, 7) is 5.39. The van der Waals surface area contributed by atoms with Crippen molar-refractivity contribution in [3.8, 4) is 0 Å². The molecule has 20 heavy (non-hydrogen) atoms. The Kier molecular flexibility index (Phi) is 6.24. The van der Waals surface area contributed by atoms with E-state index in [1.807, 2.05) is 0 Å². The first-order chi connectivity index (χ1) is 9.74. The molecule has 1 aromatic carbocycles. The van der Waals surface area contributed by atoms with Gasteiger partial charge < -0.3 is 5.32 Å². The van der Waals surface area contributed by atoms with Crippen molar-refractivity contribution < 1.29 is 4.21 Å². The predicted molar refractivity (Wildman–Crippen MR) is 86.7 cm³/mol. The molecule has 0 fully saturated rings. The third-order valence-electron chi connectivity index (χ3n) is 4.01. The van der Waals surface area contributed by atoms with Gasteiger partial charge in [0.25, 0.3) is 0 Å². The van der Waals surface area contributed by atoms with E-state index in [9.17, 15) is 4.21 Å². The van der Waals surface area contributed by atoms with E-state index in [1.54, 1.807) is 0 Å². The zero-order valence-electron chi connectivity index (χ0n) is 12.8. The molecule has 0 aliphatic heterocycles. The SMILES string of the molecule is CCCNC(CCC)CS(=O)c1ccc2c(c1)CCC2. The van der Waals surface area contributed by atoms with Gasteiger partial charge in [0.05, 0.1) is 10.8 Å². The molecule has 2 unspecified atom stereocenters. The number of hydrogen-bond donors (Lipinski definition) is 1. The number of hydrogen-bond acceptors (Lipinski definition) is 2. The van der Waals surface area contributed by atoms with Crippen molar-refractivity contribution in [2.45, 2.75) is 63.3 Å². The number of fused-ring (bicyclic) bond motifs is 1. The highest BCUT2D eigenvalue weighted by atomic mass is 32.2. The molecular weight excluding hydrogens is 266 g/mol. The fraction of sp³-hybridized carbons (Fsp3) is 0.647. The molecule has 0 saturated heterocycles. The molecule has 0 radical (unpaired) electrons. The molecule has 0 saturated carbocycles. The summed E-state index contributed by atoms with van der Waals surface area (Å²) in [4.78, 5) is 1.02. The summed E-state index contributed by atoms with van der Waals surface area (Å²) in [7, 11) is -0.873. The Morgan fingerprint density at radius 2 is 2.00 bits per heavy atom. The summed E-state index contributed by atoms with van der Waals surface area (Å²) in [6, 6.07) is 6.82. The number of benzene rings is 1. The average Bonchev–Trinajstić information content (AvgIpc) is 2.92. The molecule has 1 aliphatic rings. The van der Waals surface area contributed by atoms with Crippen LogP contribution in [0, 0.1) is 0 Å². The fourth-order valence-electron chi connectivity index (χ4n) is 2.91. The van der Waals surface area contributed by atoms with Crippen LogP contribution in [-0.2, 0) is 23.6 Å². The lowest BCUT2D eigenvalue weighted by Gasteiger charge is -2.17. The summed E-state index contributed by atoms with van der Waals surface area (Å²) in [6.07, 6.45) is 6.98. The first-order valence-corrected chi connectivity index (χ1v) is 9.30. The Labute approximate surface area is 125 Å². The normalized spacial score (nSPS) is 16.9. The molecule has 2 rings (SSSR count). The van der Waals surface area contributed by atoms with Crippen LogP contribution < -0.4 is 5.32 Å². The molecule has 0 heterocycles. The van der Waals surface area contributed by atoms with Crippen LogP contribution in [0.3, 0.4) is 0 Å². The van der Waals surface area contributed by atoms with Gasteiger partial charge in [-0.1, -0.05) is 26.3 Å². The van der Waals surface area contributed by atoms with E-state index in [2.05, 4.69) is 37.4 Å². The second-order valence-corrected chi connectivity index (χ2v) is 7.23. The topological polar surface area (TPSA) is 29.1 Å². The third-order valence-corrected chi connectivity index (χ3v) is 5.49. The van der Waals surface area contributed by atoms with Gasteiger partial charge in [0, 0.05) is 16.7 Å². The lowest BCUT2D eigenvalue weighted by atomic mass is 10.1. The Hall–Kier alpha value is -0.670. The first-order valence-electron chi connectivity index (χ1n) is 7.98. The maximum Gasteiger partial charge on any atom is 0.0545 e. The number of rotatable bonds is 8. The van der Waals surface area contributed by atoms with Crippen molar-refractivity contribution >= 4 is 10.8 Å². The maximum atomic E-state index is 12.6. The third kappa shape index (κ3) is 4.16. The van der Waals surface area contributed by atoms with Gasteiger partial charge in [-0.05, 0) is 61.9 Å². The largest absolute Gasteiger partial charge is 0.313 e. The van der Waals surface area contributed by atoms with Gasteiger partial charge in [-0.3, -0.25) is 4.21 Å². The van der Waals surface area contributed by atoms with Crippen LogP contribution in [0.1, 0.15) is 50.7 Å². The summed E-state index contributed by atoms with van der Waals surface area (Å²) >= 11 is 0. The molecule has 3 heteroatoms. The lowest BCUT2D eigenvalue weighted by molar-refractivity contribution is 0.510. The van der Waals surface area contributed by atoms with Gasteiger partial charge in [-0.15, -0.1) is 0 Å². The molecule has 112 valence electrons. The summed E-state index contributed by atoms with van der Waals surface area (Å²) in [5.41, 5.74) is 2.88. The van der Waals surface area contributed by atoms with E-state index in [1.165, 1.54) is 24.0 Å². The molecule has 0 aromatic heterocycles. The van der Waals surface area contributed by atoms with Gasteiger partial charge >= 0.3 is 0 Å². The monoisotopic (exact) mass is 293 g/mol. The van der Waals surface area contributed by atoms with E-state index in [-0.39, 0.29) is 0 Å². The van der Waals surface area contributed by atoms with Crippen molar-refractivity contribution in [1.29, 1.82) is 0 Å². The molecule has 0 spiro atoms. The van der Waals surface area contributed by atoms with Crippen LogP contribution in [0.2, 0.25) is 0 Å². The van der Waals surface area contributed by atoms with Crippen LogP contribution in [-0.4, -0.2) is 22.5 Å². The van der Waals surface area contributed by atoms with Gasteiger partial charge in [0.2, 0.25) is 0 Å². The standard InChI is InChI=1S/C17H27NOS/c1-3-6-16(18-11-4-2)13-20(19)17-10-9-14-7-5-8-15(14)12-17/h9-10,12,16,18H,3-8,11,13H2,1-2H3. The van der Waals surface area contributed by atoms with Crippen molar-refractivity contribution in [2.75, 3.05) is 12.3 Å². The van der Waals surface area contributed by atoms with Crippen LogP contribution in [0.5, 0.6) is 0 Å². The summed E-state index contributed by atoms with van der Waals surface area (Å²) in [5.74, 6) is 0.743. The zero-order chi connectivity index (χ0) is 14.4. The van der Waals surface area contributed by atoms with Crippen LogP contribution in [0.25, 0.3) is 0 Å². The van der Waals surface area contributed by atoms with Crippen molar-refractivity contribution in [3.05, 3.63) is 29.3 Å². The van der Waals surface area contributed by atoms with E-state index >= 15 is 0 Å². The molecule has 2 atom stereocenters. The van der Waals surface area contributed by atoms with Crippen molar-refractivity contribution in [3.63, 3.8) is 0 Å². The quantitative estimate of drug-likeness (QED) is 0.795. The molecule has 2 nitrogen and oxygen atoms in total. The zero-order valence-corrected chi connectivity index (χ0v) is 13.6. The second kappa shape index (κ2) is 7.94. The minimum Gasteiger partial charge on any atom is -0.313 e. The number of aryl methyl sites for hydroxylation is 2. The number of nitrogens with one attached hydrogen (secondary N) is 1. The molecule has 0 bridgehead atoms. The highest BCUT2D eigenvalue weighted by Crippen LogP contribution is 2.24. The highest BCUT2D eigenvalue weighted by Gasteiger charge is 2.16. The first kappa shape index (κ1) is 15.7. The van der Waals surface area contributed by atoms with Crippen molar-refractivity contribution in [2.24, 2.45) is 0 Å². The van der Waals surface area contributed by atoms with Gasteiger partial charge in [0.1, 0.15) is 0 Å². The molecule has 0 amide bonds. The van der Waals surface area contributed by atoms with Crippen molar-refractivity contribution in [1.82, 2.24) is 5.32 Å². The molecular formula is C17H27NOS. The smallest absolute Gasteiger partial charge is 0.0545 e. The Bertz CT molecular complexity index is 458. The lowest BCUT2D eigenvalue weighted by Crippen LogP contribution is -2.34. The van der Waals surface area contributed by atoms with E-state index in [0.717, 1.165) is 42.9 Å². The highest BCUT2D eigenvalue weighted by molar-refractivity contribution is 7.85. The molecule has 1 N–H and O–H groups in total. The van der Waals surface area contributed by atoms with Crippen LogP contribution in [0.4, 0.5) is 0 Å². The average molecular weight is 293 g/mol. The van der Waals surface area contributed by atoms with E-state index in [4.69, 9.17) is 0 Å². The predicted octanol–water partition coefficient (Wildman–Crippen LogP) is 3.45. The molecule has 1 aliphatic carbocycles. The van der Waals surface area contributed by atoms with Crippen LogP contribution >= 0.6 is 0 Å². The van der Waals surface area contributed by atoms with Gasteiger partial charge in [-0.2, -0.15) is 0 Å². The minimum absolute atomic E-state index is 0.383. The summed E-state index contributed by atoms with van der Waals surface area (Å²) in [5, 5.41) is 3.53.